The molecule has 2 aromatic carbocycles. The molecule has 0 N–H and O–H groups in total. The predicted octanol–water partition coefficient (Wildman–Crippen LogP) is 3.54. The molecule has 1 fully saturated rings. The van der Waals surface area contributed by atoms with Gasteiger partial charge in [0, 0.05) is 55.1 Å². The van der Waals surface area contributed by atoms with Crippen LogP contribution in [0.1, 0.15) is 27.2 Å². The van der Waals surface area contributed by atoms with Crippen LogP contribution in [0.15, 0.2) is 57.8 Å². The van der Waals surface area contributed by atoms with Gasteiger partial charge in [-0.1, -0.05) is 12.1 Å². The van der Waals surface area contributed by atoms with Crippen molar-refractivity contribution in [3.05, 3.63) is 97.4 Å². The normalized spacial score (nSPS) is 14.5. The number of hydrogen-bond donors (Lipinski definition) is 0. The van der Waals surface area contributed by atoms with Crippen LogP contribution in [0.2, 0.25) is 0 Å². The van der Waals surface area contributed by atoms with E-state index in [2.05, 4.69) is 15.9 Å². The van der Waals surface area contributed by atoms with Gasteiger partial charge in [-0.2, -0.15) is 4.31 Å². The first-order chi connectivity index (χ1) is 17.9. The molecule has 2 heterocycles. The van der Waals surface area contributed by atoms with Gasteiger partial charge in [0.25, 0.3) is 11.5 Å². The molecule has 1 saturated heterocycles. The maximum Gasteiger partial charge on any atom is 0.269 e. The Morgan fingerprint density at radius 3 is 2.29 bits per heavy atom. The SMILES string of the molecule is Cc1cc(OCc2ccc(F)cc2F)c(Br)c(=O)n1Cc1ccc(C(=O)N2CCN(S(C)(=O)=O)CC2)cc1. The number of aromatic nitrogens is 1. The zero-order valence-corrected chi connectivity index (χ0v) is 23.2. The van der Waals surface area contributed by atoms with E-state index in [9.17, 15) is 26.8 Å². The molecule has 1 aliphatic rings. The molecular formula is C26H26BrF2N3O5S. The molecule has 0 unspecified atom stereocenters. The number of carbonyl (C=O) groups is 1. The van der Waals surface area contributed by atoms with Crippen molar-refractivity contribution in [1.82, 2.24) is 13.8 Å². The Morgan fingerprint density at radius 1 is 1.03 bits per heavy atom. The van der Waals surface area contributed by atoms with Crippen molar-refractivity contribution in [1.29, 1.82) is 0 Å². The molecule has 0 atom stereocenters. The summed E-state index contributed by atoms with van der Waals surface area (Å²) in [5.41, 5.74) is 1.69. The standard InChI is InChI=1S/C26H26BrF2N3O5S/c1-17-13-23(37-16-20-7-8-21(28)14-22(20)29)24(27)26(34)32(17)15-18-3-5-19(6-4-18)25(33)30-9-11-31(12-10-30)38(2,35)36/h3-8,13-14H,9-12,15-16H2,1-2H3. The molecule has 202 valence electrons. The summed E-state index contributed by atoms with van der Waals surface area (Å²) in [5.74, 6) is -1.36. The monoisotopic (exact) mass is 609 g/mol. The quantitative estimate of drug-likeness (QED) is 0.409. The third kappa shape index (κ3) is 6.30. The van der Waals surface area contributed by atoms with E-state index >= 15 is 0 Å². The van der Waals surface area contributed by atoms with E-state index < -0.39 is 21.7 Å². The second-order valence-corrected chi connectivity index (χ2v) is 11.8. The molecule has 1 aromatic heterocycles. The van der Waals surface area contributed by atoms with Crippen LogP contribution in [0.5, 0.6) is 5.75 Å². The summed E-state index contributed by atoms with van der Waals surface area (Å²) in [4.78, 5) is 27.5. The van der Waals surface area contributed by atoms with Crippen LogP contribution in [-0.4, -0.2) is 60.5 Å². The van der Waals surface area contributed by atoms with Gasteiger partial charge in [0.15, 0.2) is 0 Å². The van der Waals surface area contributed by atoms with Crippen molar-refractivity contribution >= 4 is 31.9 Å². The van der Waals surface area contributed by atoms with Gasteiger partial charge >= 0.3 is 0 Å². The smallest absolute Gasteiger partial charge is 0.269 e. The minimum absolute atomic E-state index is 0.159. The van der Waals surface area contributed by atoms with E-state index in [4.69, 9.17) is 4.74 Å². The van der Waals surface area contributed by atoms with Crippen LogP contribution in [0.25, 0.3) is 0 Å². The number of piperazine rings is 1. The van der Waals surface area contributed by atoms with Crippen LogP contribution in [0.4, 0.5) is 8.78 Å². The van der Waals surface area contributed by atoms with E-state index in [1.807, 2.05) is 0 Å². The minimum Gasteiger partial charge on any atom is -0.487 e. The van der Waals surface area contributed by atoms with Gasteiger partial charge in [-0.3, -0.25) is 9.59 Å². The Kier molecular flexibility index (Phi) is 8.34. The number of nitrogens with zero attached hydrogens (tertiary/aromatic N) is 3. The van der Waals surface area contributed by atoms with Crippen molar-refractivity contribution in [2.24, 2.45) is 0 Å². The number of pyridine rings is 1. The third-order valence-corrected chi connectivity index (χ3v) is 8.38. The Hall–Kier alpha value is -3.09. The number of aryl methyl sites for hydroxylation is 1. The maximum absolute atomic E-state index is 13.9. The number of sulfonamides is 1. The van der Waals surface area contributed by atoms with Gasteiger partial charge in [0.05, 0.1) is 12.8 Å². The van der Waals surface area contributed by atoms with Crippen molar-refractivity contribution in [3.8, 4) is 5.75 Å². The lowest BCUT2D eigenvalue weighted by atomic mass is 10.1. The molecule has 0 radical (unpaired) electrons. The fourth-order valence-corrected chi connectivity index (χ4v) is 5.42. The molecule has 4 rings (SSSR count). The van der Waals surface area contributed by atoms with Crippen molar-refractivity contribution < 1.29 is 26.7 Å². The summed E-state index contributed by atoms with van der Waals surface area (Å²) in [5, 5.41) is 0. The molecule has 1 amide bonds. The van der Waals surface area contributed by atoms with Crippen LogP contribution in [0.3, 0.4) is 0 Å². The average molecular weight is 610 g/mol. The predicted molar refractivity (Wildman–Crippen MR) is 142 cm³/mol. The summed E-state index contributed by atoms with van der Waals surface area (Å²) in [6.07, 6.45) is 1.16. The molecule has 3 aromatic rings. The molecule has 0 spiro atoms. The second kappa shape index (κ2) is 11.3. The summed E-state index contributed by atoms with van der Waals surface area (Å²) >= 11 is 3.27. The van der Waals surface area contributed by atoms with Gasteiger partial charge in [-0.05, 0) is 52.7 Å². The summed E-state index contributed by atoms with van der Waals surface area (Å²) in [7, 11) is -3.28. The number of benzene rings is 2. The molecule has 1 aliphatic heterocycles. The van der Waals surface area contributed by atoms with Gasteiger partial charge in [-0.25, -0.2) is 17.2 Å². The van der Waals surface area contributed by atoms with Crippen LogP contribution < -0.4 is 10.3 Å². The van der Waals surface area contributed by atoms with Crippen molar-refractivity contribution in [2.75, 3.05) is 32.4 Å². The molecule has 12 heteroatoms. The number of rotatable bonds is 7. The summed E-state index contributed by atoms with van der Waals surface area (Å²) in [6.45, 7) is 2.98. The van der Waals surface area contributed by atoms with Crippen molar-refractivity contribution in [2.45, 2.75) is 20.1 Å². The molecule has 38 heavy (non-hydrogen) atoms. The Balaban J connectivity index is 1.43. The highest BCUT2D eigenvalue weighted by Crippen LogP contribution is 2.24. The molecule has 0 bridgehead atoms. The summed E-state index contributed by atoms with van der Waals surface area (Å²) in [6, 6.07) is 11.8. The number of halogens is 3. The van der Waals surface area contributed by atoms with E-state index in [0.717, 1.165) is 24.0 Å². The maximum atomic E-state index is 13.9. The third-order valence-electron chi connectivity index (χ3n) is 6.35. The lowest BCUT2D eigenvalue weighted by Crippen LogP contribution is -2.50. The highest BCUT2D eigenvalue weighted by molar-refractivity contribution is 9.10. The highest BCUT2D eigenvalue weighted by atomic mass is 79.9. The van der Waals surface area contributed by atoms with E-state index in [1.165, 1.54) is 14.9 Å². The Morgan fingerprint density at radius 2 is 1.68 bits per heavy atom. The lowest BCUT2D eigenvalue weighted by Gasteiger charge is -2.33. The molecular weight excluding hydrogens is 584 g/mol. The number of carbonyl (C=O) groups excluding carboxylic acids is 1. The van der Waals surface area contributed by atoms with Gasteiger partial charge in [-0.15, -0.1) is 0 Å². The van der Waals surface area contributed by atoms with E-state index in [1.54, 1.807) is 42.2 Å². The Bertz CT molecular complexity index is 1520. The Labute approximate surface area is 227 Å². The summed E-state index contributed by atoms with van der Waals surface area (Å²) < 4.78 is 59.1. The first kappa shape index (κ1) is 27.9. The zero-order valence-electron chi connectivity index (χ0n) is 20.8. The lowest BCUT2D eigenvalue weighted by molar-refractivity contribution is 0.0698. The van der Waals surface area contributed by atoms with Gasteiger partial charge in [0.1, 0.15) is 28.5 Å². The average Bonchev–Trinajstić information content (AvgIpc) is 2.88. The van der Waals surface area contributed by atoms with Crippen LogP contribution >= 0.6 is 15.9 Å². The van der Waals surface area contributed by atoms with E-state index in [0.29, 0.717) is 24.3 Å². The fourth-order valence-electron chi connectivity index (χ4n) is 4.15. The van der Waals surface area contributed by atoms with Gasteiger partial charge < -0.3 is 14.2 Å². The fraction of sp³-hybridized carbons (Fsp3) is 0.308. The van der Waals surface area contributed by atoms with E-state index in [-0.39, 0.29) is 53.5 Å². The molecule has 0 saturated carbocycles. The largest absolute Gasteiger partial charge is 0.487 e. The zero-order chi connectivity index (χ0) is 27.6. The van der Waals surface area contributed by atoms with Crippen molar-refractivity contribution in [3.63, 3.8) is 0 Å². The number of hydrogen-bond acceptors (Lipinski definition) is 5. The molecule has 8 nitrogen and oxygen atoms in total. The highest BCUT2D eigenvalue weighted by Gasteiger charge is 2.26. The minimum atomic E-state index is -3.28. The van der Waals surface area contributed by atoms with Gasteiger partial charge in [0.2, 0.25) is 10.0 Å². The topological polar surface area (TPSA) is 88.9 Å². The first-order valence-corrected chi connectivity index (χ1v) is 14.4. The number of ether oxygens (including phenoxy) is 1. The molecule has 0 aliphatic carbocycles. The number of amides is 1. The van der Waals surface area contributed by atoms with Crippen LogP contribution in [-0.2, 0) is 23.2 Å². The second-order valence-electron chi connectivity index (χ2n) is 9.03. The van der Waals surface area contributed by atoms with Crippen LogP contribution in [0, 0.1) is 18.6 Å². The first-order valence-electron chi connectivity index (χ1n) is 11.7.